The fourth-order valence-electron chi connectivity index (χ4n) is 1.16. The molecule has 2 N–H and O–H groups in total. The number of hydrogen-bond acceptors (Lipinski definition) is 4. The second-order valence-corrected chi connectivity index (χ2v) is 5.95. The Labute approximate surface area is 92.6 Å². The summed E-state index contributed by atoms with van der Waals surface area (Å²) in [4.78, 5) is 0. The molecular formula is C9H22N2O3S. The molecule has 0 spiro atoms. The molecule has 5 nitrogen and oxygen atoms in total. The molecule has 1 atom stereocenters. The van der Waals surface area contributed by atoms with Crippen LogP contribution in [0, 0.1) is 0 Å². The van der Waals surface area contributed by atoms with E-state index >= 15 is 0 Å². The normalized spacial score (nSPS) is 16.7. The van der Waals surface area contributed by atoms with Gasteiger partial charge in [-0.1, -0.05) is 6.92 Å². The van der Waals surface area contributed by atoms with Crippen LogP contribution in [-0.4, -0.2) is 51.3 Å². The van der Waals surface area contributed by atoms with Crippen molar-refractivity contribution in [2.24, 2.45) is 5.73 Å². The van der Waals surface area contributed by atoms with E-state index in [1.165, 1.54) is 11.4 Å². The van der Waals surface area contributed by atoms with Crippen molar-refractivity contribution in [1.82, 2.24) is 4.31 Å². The van der Waals surface area contributed by atoms with Crippen LogP contribution in [0.1, 0.15) is 20.3 Å². The average molecular weight is 238 g/mol. The van der Waals surface area contributed by atoms with E-state index < -0.39 is 15.6 Å². The Hall–Kier alpha value is -0.170. The van der Waals surface area contributed by atoms with E-state index in [-0.39, 0.29) is 12.4 Å². The first-order valence-corrected chi connectivity index (χ1v) is 6.60. The lowest BCUT2D eigenvalue weighted by atomic mass is 10.00. The maximum atomic E-state index is 11.8. The van der Waals surface area contributed by atoms with Crippen LogP contribution in [0.4, 0.5) is 0 Å². The van der Waals surface area contributed by atoms with Crippen LogP contribution in [0.25, 0.3) is 0 Å². The van der Waals surface area contributed by atoms with E-state index in [1.807, 2.05) is 13.8 Å². The van der Waals surface area contributed by atoms with Gasteiger partial charge in [-0.3, -0.25) is 0 Å². The van der Waals surface area contributed by atoms with Crippen LogP contribution < -0.4 is 5.73 Å². The number of hydrogen-bond donors (Lipinski definition) is 1. The number of sulfonamides is 1. The molecule has 0 saturated carbocycles. The highest BCUT2D eigenvalue weighted by atomic mass is 32.2. The lowest BCUT2D eigenvalue weighted by Crippen LogP contribution is -2.52. The van der Waals surface area contributed by atoms with Crippen LogP contribution in [0.5, 0.6) is 0 Å². The standard InChI is InChI=1S/C9H22N2O3S/c1-5-9(2,8-10)11(3)15(12,13)7-6-14-4/h5-8,10H2,1-4H3. The summed E-state index contributed by atoms with van der Waals surface area (Å²) < 4.78 is 29.8. The lowest BCUT2D eigenvalue weighted by molar-refractivity contribution is 0.208. The average Bonchev–Trinajstić information content (AvgIpc) is 2.24. The van der Waals surface area contributed by atoms with Gasteiger partial charge in [0.2, 0.25) is 10.0 Å². The first kappa shape index (κ1) is 14.8. The minimum Gasteiger partial charge on any atom is -0.384 e. The maximum absolute atomic E-state index is 11.8. The highest BCUT2D eigenvalue weighted by Crippen LogP contribution is 2.19. The van der Waals surface area contributed by atoms with Gasteiger partial charge in [-0.05, 0) is 13.3 Å². The largest absolute Gasteiger partial charge is 0.384 e. The molecule has 0 bridgehead atoms. The molecule has 6 heteroatoms. The van der Waals surface area contributed by atoms with Crippen molar-refractivity contribution in [1.29, 1.82) is 0 Å². The first-order chi connectivity index (χ1) is 6.84. The molecule has 0 heterocycles. The number of rotatable bonds is 7. The zero-order chi connectivity index (χ0) is 12.1. The number of likely N-dealkylation sites (N-methyl/N-ethyl adjacent to an activating group) is 1. The molecule has 0 fully saturated rings. The molecule has 0 aliphatic carbocycles. The minimum atomic E-state index is -3.28. The summed E-state index contributed by atoms with van der Waals surface area (Å²) in [5.41, 5.74) is 5.10. The number of ether oxygens (including phenoxy) is 1. The molecule has 0 radical (unpaired) electrons. The molecule has 92 valence electrons. The molecule has 0 aliphatic rings. The van der Waals surface area contributed by atoms with Crippen molar-refractivity contribution in [3.63, 3.8) is 0 Å². The Morgan fingerprint density at radius 3 is 2.33 bits per heavy atom. The number of nitrogens with two attached hydrogens (primary N) is 1. The summed E-state index contributed by atoms with van der Waals surface area (Å²) in [6.45, 7) is 4.29. The summed E-state index contributed by atoms with van der Waals surface area (Å²) in [6, 6.07) is 0. The van der Waals surface area contributed by atoms with Gasteiger partial charge >= 0.3 is 0 Å². The topological polar surface area (TPSA) is 72.6 Å². The quantitative estimate of drug-likeness (QED) is 0.679. The number of nitrogens with zero attached hydrogens (tertiary/aromatic N) is 1. The van der Waals surface area contributed by atoms with Gasteiger partial charge in [0.15, 0.2) is 0 Å². The first-order valence-electron chi connectivity index (χ1n) is 4.99. The van der Waals surface area contributed by atoms with Gasteiger partial charge in [-0.15, -0.1) is 0 Å². The predicted octanol–water partition coefficient (Wildman–Crippen LogP) is 0.0218. The summed E-state index contributed by atoms with van der Waals surface area (Å²) in [6.07, 6.45) is 0.687. The fraction of sp³-hybridized carbons (Fsp3) is 1.00. The Kier molecular flexibility index (Phi) is 5.72. The Balaban J connectivity index is 4.74. The van der Waals surface area contributed by atoms with Crippen molar-refractivity contribution in [3.05, 3.63) is 0 Å². The molecule has 0 saturated heterocycles. The SMILES string of the molecule is CCC(C)(CN)N(C)S(=O)(=O)CCOC. The van der Waals surface area contributed by atoms with Crippen LogP contribution >= 0.6 is 0 Å². The molecule has 0 amide bonds. The van der Waals surface area contributed by atoms with E-state index in [4.69, 9.17) is 10.5 Å². The van der Waals surface area contributed by atoms with Gasteiger partial charge in [0, 0.05) is 26.2 Å². The van der Waals surface area contributed by atoms with Crippen molar-refractivity contribution in [2.75, 3.05) is 33.1 Å². The minimum absolute atomic E-state index is 0.00438. The molecular weight excluding hydrogens is 216 g/mol. The highest BCUT2D eigenvalue weighted by molar-refractivity contribution is 7.89. The fourth-order valence-corrected chi connectivity index (χ4v) is 2.68. The molecule has 0 aromatic carbocycles. The highest BCUT2D eigenvalue weighted by Gasteiger charge is 2.33. The summed E-state index contributed by atoms with van der Waals surface area (Å²) in [7, 11) is -0.222. The van der Waals surface area contributed by atoms with E-state index in [2.05, 4.69) is 0 Å². The van der Waals surface area contributed by atoms with Crippen LogP contribution in [0.15, 0.2) is 0 Å². The van der Waals surface area contributed by atoms with Crippen molar-refractivity contribution in [3.8, 4) is 0 Å². The van der Waals surface area contributed by atoms with E-state index in [1.54, 1.807) is 7.05 Å². The summed E-state index contributed by atoms with van der Waals surface area (Å²) in [5.74, 6) is -0.00438. The zero-order valence-corrected chi connectivity index (χ0v) is 10.8. The monoisotopic (exact) mass is 238 g/mol. The second kappa shape index (κ2) is 5.79. The van der Waals surface area contributed by atoms with Gasteiger partial charge in [0.25, 0.3) is 0 Å². The smallest absolute Gasteiger partial charge is 0.216 e. The number of methoxy groups -OCH3 is 1. The molecule has 0 aromatic rings. The van der Waals surface area contributed by atoms with Gasteiger partial charge < -0.3 is 10.5 Å². The third-order valence-electron chi connectivity index (χ3n) is 2.92. The van der Waals surface area contributed by atoms with Gasteiger partial charge in [0.1, 0.15) is 0 Å². The lowest BCUT2D eigenvalue weighted by Gasteiger charge is -2.36. The predicted molar refractivity (Wildman–Crippen MR) is 61.2 cm³/mol. The van der Waals surface area contributed by atoms with E-state index in [0.29, 0.717) is 13.0 Å². The van der Waals surface area contributed by atoms with Crippen LogP contribution in [0.3, 0.4) is 0 Å². The van der Waals surface area contributed by atoms with Crippen LogP contribution in [-0.2, 0) is 14.8 Å². The summed E-state index contributed by atoms with van der Waals surface area (Å²) >= 11 is 0. The Morgan fingerprint density at radius 2 is 2.00 bits per heavy atom. The van der Waals surface area contributed by atoms with Crippen molar-refractivity contribution in [2.45, 2.75) is 25.8 Å². The Bertz CT molecular complexity index is 273. The maximum Gasteiger partial charge on any atom is 0.216 e. The third kappa shape index (κ3) is 3.71. The molecule has 0 rings (SSSR count). The zero-order valence-electron chi connectivity index (χ0n) is 9.99. The van der Waals surface area contributed by atoms with Crippen LogP contribution in [0.2, 0.25) is 0 Å². The Morgan fingerprint density at radius 1 is 1.47 bits per heavy atom. The molecule has 0 aromatic heterocycles. The van der Waals surface area contributed by atoms with Crippen molar-refractivity contribution >= 4 is 10.0 Å². The third-order valence-corrected chi connectivity index (χ3v) is 4.88. The van der Waals surface area contributed by atoms with E-state index in [9.17, 15) is 8.42 Å². The molecule has 15 heavy (non-hydrogen) atoms. The van der Waals surface area contributed by atoms with Crippen molar-refractivity contribution < 1.29 is 13.2 Å². The van der Waals surface area contributed by atoms with Gasteiger partial charge in [0.05, 0.1) is 12.4 Å². The molecule has 0 aliphatic heterocycles. The van der Waals surface area contributed by atoms with E-state index in [0.717, 1.165) is 0 Å². The summed E-state index contributed by atoms with van der Waals surface area (Å²) in [5, 5.41) is 0. The van der Waals surface area contributed by atoms with Gasteiger partial charge in [-0.2, -0.15) is 4.31 Å². The van der Waals surface area contributed by atoms with Gasteiger partial charge in [-0.25, -0.2) is 8.42 Å². The molecule has 1 unspecified atom stereocenters. The second-order valence-electron chi connectivity index (χ2n) is 3.83.